The molecule has 0 radical (unpaired) electrons. The zero-order valence-corrected chi connectivity index (χ0v) is 15.9. The average Bonchev–Trinajstić information content (AvgIpc) is 2.72. The van der Waals surface area contributed by atoms with Crippen molar-refractivity contribution in [1.82, 2.24) is 10.6 Å². The average molecular weight is 384 g/mol. The number of nitrogens with one attached hydrogen (secondary N) is 2. The lowest BCUT2D eigenvalue weighted by Crippen LogP contribution is -2.46. The Kier molecular flexibility index (Phi) is 8.02. The van der Waals surface area contributed by atoms with Gasteiger partial charge in [-0.2, -0.15) is 0 Å². The summed E-state index contributed by atoms with van der Waals surface area (Å²) in [6.45, 7) is 1.65. The van der Waals surface area contributed by atoms with Crippen molar-refractivity contribution < 1.29 is 23.9 Å². The van der Waals surface area contributed by atoms with E-state index in [0.717, 1.165) is 11.1 Å². The van der Waals surface area contributed by atoms with E-state index in [4.69, 9.17) is 9.47 Å². The lowest BCUT2D eigenvalue weighted by molar-refractivity contribution is -0.141. The third-order valence-electron chi connectivity index (χ3n) is 4.06. The van der Waals surface area contributed by atoms with E-state index >= 15 is 0 Å². The second-order valence-corrected chi connectivity index (χ2v) is 6.18. The molecule has 0 saturated carbocycles. The van der Waals surface area contributed by atoms with Crippen LogP contribution in [0.25, 0.3) is 0 Å². The third kappa shape index (κ3) is 6.75. The van der Waals surface area contributed by atoms with Crippen LogP contribution in [0.15, 0.2) is 60.7 Å². The molecule has 2 aromatic rings. The smallest absolute Gasteiger partial charge is 0.408 e. The van der Waals surface area contributed by atoms with Crippen LogP contribution in [-0.2, 0) is 25.7 Å². The van der Waals surface area contributed by atoms with E-state index in [1.54, 1.807) is 19.1 Å². The van der Waals surface area contributed by atoms with Crippen molar-refractivity contribution in [3.63, 3.8) is 0 Å². The largest absolute Gasteiger partial charge is 0.469 e. The Morgan fingerprint density at radius 1 is 0.929 bits per heavy atom. The second kappa shape index (κ2) is 10.7. The predicted molar refractivity (Wildman–Crippen MR) is 103 cm³/mol. The molecule has 0 aromatic heterocycles. The van der Waals surface area contributed by atoms with E-state index in [-0.39, 0.29) is 13.0 Å². The highest BCUT2D eigenvalue weighted by Crippen LogP contribution is 2.17. The standard InChI is InChI=1S/C21H24N2O5/c1-15(22-21(26)28-14-16-9-5-3-6-10-16)20(25)23-18(13-19(24)27-2)17-11-7-4-8-12-17/h3-12,15,18H,13-14H2,1-2H3,(H,22,26)(H,23,25)/t15-,18?/m0/s1. The highest BCUT2D eigenvalue weighted by molar-refractivity contribution is 5.86. The molecule has 0 heterocycles. The Hall–Kier alpha value is -3.35. The SMILES string of the molecule is COC(=O)CC(NC(=O)[C@H](C)NC(=O)OCc1ccccc1)c1ccccc1. The lowest BCUT2D eigenvalue weighted by Gasteiger charge is -2.21. The van der Waals surface area contributed by atoms with Gasteiger partial charge < -0.3 is 20.1 Å². The van der Waals surface area contributed by atoms with Gasteiger partial charge in [-0.25, -0.2) is 4.79 Å². The van der Waals surface area contributed by atoms with Crippen molar-refractivity contribution in [2.75, 3.05) is 7.11 Å². The Morgan fingerprint density at radius 2 is 1.54 bits per heavy atom. The van der Waals surface area contributed by atoms with Crippen LogP contribution in [0.2, 0.25) is 0 Å². The number of benzene rings is 2. The van der Waals surface area contributed by atoms with Gasteiger partial charge in [0.05, 0.1) is 19.6 Å². The van der Waals surface area contributed by atoms with Crippen molar-refractivity contribution >= 4 is 18.0 Å². The molecule has 0 aliphatic heterocycles. The first kappa shape index (κ1) is 21.0. The van der Waals surface area contributed by atoms with Crippen LogP contribution in [0.5, 0.6) is 0 Å². The number of alkyl carbamates (subject to hydrolysis) is 1. The van der Waals surface area contributed by atoms with Crippen LogP contribution in [0.1, 0.15) is 30.5 Å². The molecule has 0 fully saturated rings. The Morgan fingerprint density at radius 3 is 2.14 bits per heavy atom. The van der Waals surface area contributed by atoms with Gasteiger partial charge in [0, 0.05) is 0 Å². The second-order valence-electron chi connectivity index (χ2n) is 6.18. The van der Waals surface area contributed by atoms with Gasteiger partial charge in [0.2, 0.25) is 5.91 Å². The maximum absolute atomic E-state index is 12.5. The number of ether oxygens (including phenoxy) is 2. The maximum atomic E-state index is 12.5. The summed E-state index contributed by atoms with van der Waals surface area (Å²) in [5.74, 6) is -0.883. The molecule has 7 heteroatoms. The minimum Gasteiger partial charge on any atom is -0.469 e. The van der Waals surface area contributed by atoms with E-state index in [9.17, 15) is 14.4 Å². The van der Waals surface area contributed by atoms with Crippen LogP contribution < -0.4 is 10.6 Å². The molecular weight excluding hydrogens is 360 g/mol. The summed E-state index contributed by atoms with van der Waals surface area (Å²) in [6.07, 6.45) is -0.715. The molecule has 1 unspecified atom stereocenters. The van der Waals surface area contributed by atoms with Gasteiger partial charge in [-0.3, -0.25) is 9.59 Å². The van der Waals surface area contributed by atoms with Crippen molar-refractivity contribution in [3.8, 4) is 0 Å². The number of amides is 2. The summed E-state index contributed by atoms with van der Waals surface area (Å²) in [4.78, 5) is 36.1. The summed E-state index contributed by atoms with van der Waals surface area (Å²) >= 11 is 0. The van der Waals surface area contributed by atoms with Crippen LogP contribution in [0, 0.1) is 0 Å². The van der Waals surface area contributed by atoms with E-state index in [2.05, 4.69) is 10.6 Å². The number of carbonyl (C=O) groups is 3. The number of methoxy groups -OCH3 is 1. The van der Waals surface area contributed by atoms with Crippen molar-refractivity contribution in [2.24, 2.45) is 0 Å². The monoisotopic (exact) mass is 384 g/mol. The number of hydrogen-bond acceptors (Lipinski definition) is 5. The van der Waals surface area contributed by atoms with Crippen LogP contribution in [0.4, 0.5) is 4.79 Å². The molecule has 2 aromatic carbocycles. The zero-order valence-electron chi connectivity index (χ0n) is 15.9. The van der Waals surface area contributed by atoms with Gasteiger partial charge in [0.1, 0.15) is 12.6 Å². The first-order valence-electron chi connectivity index (χ1n) is 8.89. The number of hydrogen-bond donors (Lipinski definition) is 2. The summed E-state index contributed by atoms with van der Waals surface area (Å²) in [6, 6.07) is 16.9. The Labute approximate surface area is 164 Å². The van der Waals surface area contributed by atoms with E-state index < -0.39 is 30.1 Å². The van der Waals surface area contributed by atoms with Gasteiger partial charge >= 0.3 is 12.1 Å². The quantitative estimate of drug-likeness (QED) is 0.683. The fraction of sp³-hybridized carbons (Fsp3) is 0.286. The summed E-state index contributed by atoms with van der Waals surface area (Å²) in [5, 5.41) is 5.25. The molecule has 0 saturated heterocycles. The van der Waals surface area contributed by atoms with Crippen molar-refractivity contribution in [2.45, 2.75) is 32.0 Å². The predicted octanol–water partition coefficient (Wildman–Crippen LogP) is 2.72. The number of esters is 1. The molecule has 0 aliphatic carbocycles. The fourth-order valence-electron chi connectivity index (χ4n) is 2.49. The Balaban J connectivity index is 1.90. The number of carbonyl (C=O) groups excluding carboxylic acids is 3. The molecule has 28 heavy (non-hydrogen) atoms. The molecule has 2 N–H and O–H groups in total. The minimum atomic E-state index is -0.841. The van der Waals surface area contributed by atoms with E-state index in [1.165, 1.54) is 7.11 Å². The first-order chi connectivity index (χ1) is 13.5. The third-order valence-corrected chi connectivity index (χ3v) is 4.06. The highest BCUT2D eigenvalue weighted by atomic mass is 16.5. The maximum Gasteiger partial charge on any atom is 0.408 e. The molecular formula is C21H24N2O5. The molecule has 2 atom stereocenters. The van der Waals surface area contributed by atoms with Gasteiger partial charge in [-0.05, 0) is 18.1 Å². The molecule has 0 aliphatic rings. The highest BCUT2D eigenvalue weighted by Gasteiger charge is 2.23. The van der Waals surface area contributed by atoms with E-state index in [1.807, 2.05) is 48.5 Å². The van der Waals surface area contributed by atoms with Crippen LogP contribution in [0.3, 0.4) is 0 Å². The molecule has 148 valence electrons. The molecule has 7 nitrogen and oxygen atoms in total. The van der Waals surface area contributed by atoms with Gasteiger partial charge in [-0.1, -0.05) is 60.7 Å². The van der Waals surface area contributed by atoms with Crippen LogP contribution in [-0.4, -0.2) is 31.1 Å². The summed E-state index contributed by atoms with van der Waals surface area (Å²) < 4.78 is 9.82. The topological polar surface area (TPSA) is 93.7 Å². The molecule has 0 spiro atoms. The van der Waals surface area contributed by atoms with Gasteiger partial charge in [0.25, 0.3) is 0 Å². The minimum absolute atomic E-state index is 0.0164. The van der Waals surface area contributed by atoms with Gasteiger partial charge in [0.15, 0.2) is 0 Å². The molecule has 2 amide bonds. The first-order valence-corrected chi connectivity index (χ1v) is 8.89. The molecule has 0 bridgehead atoms. The van der Waals surface area contributed by atoms with E-state index in [0.29, 0.717) is 0 Å². The zero-order chi connectivity index (χ0) is 20.4. The van der Waals surface area contributed by atoms with Gasteiger partial charge in [-0.15, -0.1) is 0 Å². The number of rotatable bonds is 8. The summed E-state index contributed by atoms with van der Waals surface area (Å²) in [7, 11) is 1.29. The normalized spacial score (nSPS) is 12.4. The van der Waals surface area contributed by atoms with Crippen LogP contribution >= 0.6 is 0 Å². The van der Waals surface area contributed by atoms with Crippen molar-refractivity contribution in [3.05, 3.63) is 71.8 Å². The Bertz CT molecular complexity index is 780. The summed E-state index contributed by atoms with van der Waals surface area (Å²) in [5.41, 5.74) is 1.61. The lowest BCUT2D eigenvalue weighted by atomic mass is 10.0. The fourth-order valence-corrected chi connectivity index (χ4v) is 2.49. The van der Waals surface area contributed by atoms with Crippen molar-refractivity contribution in [1.29, 1.82) is 0 Å². The molecule has 2 rings (SSSR count).